The number of amides is 1. The van der Waals surface area contributed by atoms with Gasteiger partial charge in [0.15, 0.2) is 0 Å². The predicted molar refractivity (Wildman–Crippen MR) is 73.3 cm³/mol. The molecule has 0 saturated carbocycles. The van der Waals surface area contributed by atoms with Crippen LogP contribution in [-0.2, 0) is 0 Å². The monoisotopic (exact) mass is 286 g/mol. The van der Waals surface area contributed by atoms with Crippen LogP contribution in [0.2, 0.25) is 0 Å². The lowest BCUT2D eigenvalue weighted by molar-refractivity contribution is 0.0621. The normalized spacial score (nSPS) is 10.9. The fourth-order valence-electron chi connectivity index (χ4n) is 2.16. The van der Waals surface area contributed by atoms with E-state index in [1.54, 1.807) is 0 Å². The molecule has 0 atom stereocenters. The molecule has 0 unspecified atom stereocenters. The molecule has 3 N–H and O–H groups in total. The molecule has 20 heavy (non-hydrogen) atoms. The molecule has 1 aromatic rings. The molecule has 0 heterocycles. The second kappa shape index (κ2) is 7.19. The van der Waals surface area contributed by atoms with Gasteiger partial charge in [-0.05, 0) is 25.0 Å². The number of anilines is 1. The molecule has 0 aromatic heterocycles. The zero-order valence-corrected chi connectivity index (χ0v) is 11.7. The van der Waals surface area contributed by atoms with Crippen molar-refractivity contribution in [1.82, 2.24) is 4.90 Å². The van der Waals surface area contributed by atoms with E-state index in [1.807, 2.05) is 13.8 Å². The number of nitrogens with two attached hydrogens (primary N) is 1. The molecule has 1 amide bonds. The fraction of sp³-hybridized carbons (Fsp3) is 0.500. The average Bonchev–Trinajstić information content (AvgIpc) is 2.43. The van der Waals surface area contributed by atoms with Crippen LogP contribution in [0, 0.1) is 11.6 Å². The molecule has 0 aliphatic rings. The topological polar surface area (TPSA) is 66.6 Å². The van der Waals surface area contributed by atoms with Crippen molar-refractivity contribution >= 4 is 11.6 Å². The van der Waals surface area contributed by atoms with Crippen molar-refractivity contribution in [2.45, 2.75) is 32.7 Å². The Morgan fingerprint density at radius 2 is 1.80 bits per heavy atom. The van der Waals surface area contributed by atoms with E-state index in [1.165, 1.54) is 4.90 Å². The van der Waals surface area contributed by atoms with E-state index in [-0.39, 0.29) is 24.8 Å². The third-order valence-corrected chi connectivity index (χ3v) is 3.31. The first kappa shape index (κ1) is 16.4. The summed E-state index contributed by atoms with van der Waals surface area (Å²) in [5, 5.41) is 9.06. The Hall–Kier alpha value is -1.69. The summed E-state index contributed by atoms with van der Waals surface area (Å²) in [6, 6.07) is 1.76. The summed E-state index contributed by atoms with van der Waals surface area (Å²) in [7, 11) is 0. The Bertz CT molecular complexity index is 453. The van der Waals surface area contributed by atoms with Crippen LogP contribution in [0.15, 0.2) is 12.1 Å². The minimum absolute atomic E-state index is 0.0849. The van der Waals surface area contributed by atoms with Crippen LogP contribution < -0.4 is 5.73 Å². The molecule has 1 aromatic carbocycles. The summed E-state index contributed by atoms with van der Waals surface area (Å²) in [6.07, 6.45) is 1.39. The van der Waals surface area contributed by atoms with Gasteiger partial charge in [-0.25, -0.2) is 8.78 Å². The molecule has 0 aliphatic heterocycles. The van der Waals surface area contributed by atoms with Gasteiger partial charge in [0.1, 0.15) is 17.3 Å². The Balaban J connectivity index is 3.12. The smallest absolute Gasteiger partial charge is 0.254 e. The van der Waals surface area contributed by atoms with E-state index in [2.05, 4.69) is 0 Å². The SMILES string of the molecule is CCC(CC)N(CCO)C(=O)c1cc(F)c(N)c(F)c1. The van der Waals surface area contributed by atoms with Crippen molar-refractivity contribution in [3.8, 4) is 0 Å². The Kier molecular flexibility index (Phi) is 5.88. The van der Waals surface area contributed by atoms with Gasteiger partial charge in [0.25, 0.3) is 5.91 Å². The van der Waals surface area contributed by atoms with Crippen molar-refractivity contribution in [3.63, 3.8) is 0 Å². The summed E-state index contributed by atoms with van der Waals surface area (Å²) < 4.78 is 26.9. The first-order valence-electron chi connectivity index (χ1n) is 6.62. The van der Waals surface area contributed by atoms with Crippen LogP contribution in [0.25, 0.3) is 0 Å². The quantitative estimate of drug-likeness (QED) is 0.788. The highest BCUT2D eigenvalue weighted by Crippen LogP contribution is 2.20. The lowest BCUT2D eigenvalue weighted by atomic mass is 10.1. The van der Waals surface area contributed by atoms with Crippen molar-refractivity contribution in [2.24, 2.45) is 0 Å². The van der Waals surface area contributed by atoms with Gasteiger partial charge in [-0.3, -0.25) is 4.79 Å². The molecule has 0 bridgehead atoms. The highest BCUT2D eigenvalue weighted by molar-refractivity contribution is 5.94. The third kappa shape index (κ3) is 3.45. The number of nitrogen functional groups attached to an aromatic ring is 1. The van der Waals surface area contributed by atoms with Crippen molar-refractivity contribution in [1.29, 1.82) is 0 Å². The maximum Gasteiger partial charge on any atom is 0.254 e. The summed E-state index contributed by atoms with van der Waals surface area (Å²) >= 11 is 0. The minimum atomic E-state index is -0.957. The number of hydrogen-bond donors (Lipinski definition) is 2. The van der Waals surface area contributed by atoms with E-state index in [9.17, 15) is 13.6 Å². The molecule has 0 aliphatic carbocycles. The molecule has 0 spiro atoms. The van der Waals surface area contributed by atoms with Crippen molar-refractivity contribution in [3.05, 3.63) is 29.3 Å². The van der Waals surface area contributed by atoms with E-state index < -0.39 is 23.2 Å². The van der Waals surface area contributed by atoms with Gasteiger partial charge < -0.3 is 15.7 Å². The number of aliphatic hydroxyl groups excluding tert-OH is 1. The van der Waals surface area contributed by atoms with Crippen LogP contribution in [0.3, 0.4) is 0 Å². The van der Waals surface area contributed by atoms with Gasteiger partial charge >= 0.3 is 0 Å². The van der Waals surface area contributed by atoms with Gasteiger partial charge in [-0.1, -0.05) is 13.8 Å². The van der Waals surface area contributed by atoms with Crippen LogP contribution in [0.1, 0.15) is 37.0 Å². The van der Waals surface area contributed by atoms with Crippen LogP contribution in [0.5, 0.6) is 0 Å². The Morgan fingerprint density at radius 1 is 1.30 bits per heavy atom. The number of carbonyl (C=O) groups excluding carboxylic acids is 1. The van der Waals surface area contributed by atoms with Crippen molar-refractivity contribution in [2.75, 3.05) is 18.9 Å². The molecule has 0 saturated heterocycles. The molecule has 0 fully saturated rings. The number of halogens is 2. The molecule has 4 nitrogen and oxygen atoms in total. The van der Waals surface area contributed by atoms with Crippen LogP contribution in [0.4, 0.5) is 14.5 Å². The fourth-order valence-corrected chi connectivity index (χ4v) is 2.16. The Morgan fingerprint density at radius 3 is 2.20 bits per heavy atom. The van der Waals surface area contributed by atoms with Gasteiger partial charge in [-0.2, -0.15) is 0 Å². The van der Waals surface area contributed by atoms with E-state index in [0.717, 1.165) is 12.1 Å². The largest absolute Gasteiger partial charge is 0.395 e. The number of aliphatic hydroxyl groups is 1. The van der Waals surface area contributed by atoms with Gasteiger partial charge in [0.2, 0.25) is 0 Å². The zero-order valence-electron chi connectivity index (χ0n) is 11.7. The number of hydrogen-bond acceptors (Lipinski definition) is 3. The lowest BCUT2D eigenvalue weighted by Crippen LogP contribution is -2.41. The molecule has 1 rings (SSSR count). The highest BCUT2D eigenvalue weighted by Gasteiger charge is 2.23. The second-order valence-electron chi connectivity index (χ2n) is 4.55. The summed E-state index contributed by atoms with van der Waals surface area (Å²) in [5.41, 5.74) is 4.48. The number of rotatable bonds is 6. The average molecular weight is 286 g/mol. The lowest BCUT2D eigenvalue weighted by Gasteiger charge is -2.30. The zero-order chi connectivity index (χ0) is 15.3. The van der Waals surface area contributed by atoms with Crippen LogP contribution in [-0.4, -0.2) is 35.1 Å². The number of benzene rings is 1. The standard InChI is InChI=1S/C14H20F2N2O2/c1-3-10(4-2)18(5-6-19)14(20)9-7-11(15)13(17)12(16)8-9/h7-8,10,19H,3-6,17H2,1-2H3. The first-order chi connectivity index (χ1) is 9.46. The maximum absolute atomic E-state index is 13.4. The van der Waals surface area contributed by atoms with Gasteiger partial charge in [-0.15, -0.1) is 0 Å². The van der Waals surface area contributed by atoms with Gasteiger partial charge in [0.05, 0.1) is 6.61 Å². The van der Waals surface area contributed by atoms with Gasteiger partial charge in [0, 0.05) is 18.2 Å². The van der Waals surface area contributed by atoms with Crippen LogP contribution >= 0.6 is 0 Å². The number of nitrogens with zero attached hydrogens (tertiary/aromatic N) is 1. The predicted octanol–water partition coefficient (Wildman–Crippen LogP) is 2.17. The third-order valence-electron chi connectivity index (χ3n) is 3.31. The van der Waals surface area contributed by atoms with E-state index in [0.29, 0.717) is 12.8 Å². The summed E-state index contributed by atoms with van der Waals surface area (Å²) in [5.74, 6) is -2.42. The van der Waals surface area contributed by atoms with Crippen molar-refractivity contribution < 1.29 is 18.7 Å². The summed E-state index contributed by atoms with van der Waals surface area (Å²) in [4.78, 5) is 13.8. The highest BCUT2D eigenvalue weighted by atomic mass is 19.1. The minimum Gasteiger partial charge on any atom is -0.395 e. The molecular weight excluding hydrogens is 266 g/mol. The number of carbonyl (C=O) groups is 1. The van der Waals surface area contributed by atoms with E-state index >= 15 is 0 Å². The summed E-state index contributed by atoms with van der Waals surface area (Å²) in [6.45, 7) is 3.74. The Labute approximate surface area is 117 Å². The van der Waals surface area contributed by atoms with E-state index in [4.69, 9.17) is 10.8 Å². The molecule has 112 valence electrons. The second-order valence-corrected chi connectivity index (χ2v) is 4.55. The molecule has 0 radical (unpaired) electrons. The molecular formula is C14H20F2N2O2. The molecule has 6 heteroatoms. The first-order valence-corrected chi connectivity index (χ1v) is 6.62. The maximum atomic E-state index is 13.4.